The van der Waals surface area contributed by atoms with E-state index < -0.39 is 23.4 Å². The average Bonchev–Trinajstić information content (AvgIpc) is 2.96. The molecule has 0 aliphatic rings. The summed E-state index contributed by atoms with van der Waals surface area (Å²) in [4.78, 5) is 59.7. The molecule has 0 rings (SSSR count). The zero-order valence-corrected chi connectivity index (χ0v) is 30.6. The van der Waals surface area contributed by atoms with Crippen LogP contribution >= 0.6 is 0 Å². The van der Waals surface area contributed by atoms with E-state index in [1.54, 1.807) is 0 Å². The Labute approximate surface area is 285 Å². The second kappa shape index (κ2) is 25.5. The van der Waals surface area contributed by atoms with Gasteiger partial charge >= 0.3 is 11.9 Å². The quantitative estimate of drug-likeness (QED) is 0.0518. The van der Waals surface area contributed by atoms with E-state index in [1.807, 2.05) is 41.5 Å². The van der Waals surface area contributed by atoms with Gasteiger partial charge in [-0.3, -0.25) is 19.2 Å². The first-order valence-corrected chi connectivity index (χ1v) is 18.4. The van der Waals surface area contributed by atoms with Gasteiger partial charge in [0.05, 0.1) is 6.04 Å². The third kappa shape index (κ3) is 27.2. The molecule has 10 heteroatoms. The van der Waals surface area contributed by atoms with E-state index in [0.717, 1.165) is 51.4 Å². The highest BCUT2D eigenvalue weighted by molar-refractivity contribution is 5.88. The highest BCUT2D eigenvalue weighted by Gasteiger charge is 2.31. The Hall–Kier alpha value is -2.49. The highest BCUT2D eigenvalue weighted by atomic mass is 16.4. The van der Waals surface area contributed by atoms with Crippen LogP contribution in [0.5, 0.6) is 0 Å². The van der Waals surface area contributed by atoms with E-state index in [1.165, 1.54) is 44.9 Å². The molecule has 2 atom stereocenters. The second-order valence-corrected chi connectivity index (χ2v) is 15.2. The summed E-state index contributed by atoms with van der Waals surface area (Å²) < 4.78 is 0. The SMILES string of the molecule is CC(C)(C)N[C@@H](CCCCNC(=O)CC[C@H](NC(=O)CCCCCCCCCCCCCCCCC(=O)O)C(=O)O)C(=O)C(C)(C)C. The summed E-state index contributed by atoms with van der Waals surface area (Å²) in [6.45, 7) is 12.3. The van der Waals surface area contributed by atoms with Crippen molar-refractivity contribution < 1.29 is 34.2 Å². The average molecular weight is 668 g/mol. The van der Waals surface area contributed by atoms with Gasteiger partial charge < -0.3 is 26.2 Å². The zero-order chi connectivity index (χ0) is 35.7. The number of rotatable bonds is 29. The zero-order valence-electron chi connectivity index (χ0n) is 30.6. The van der Waals surface area contributed by atoms with Crippen LogP contribution < -0.4 is 16.0 Å². The van der Waals surface area contributed by atoms with E-state index >= 15 is 0 Å². The molecule has 0 aromatic heterocycles. The smallest absolute Gasteiger partial charge is 0.326 e. The maximum absolute atomic E-state index is 12.9. The summed E-state index contributed by atoms with van der Waals surface area (Å²) in [6, 6.07) is -1.34. The molecule has 0 unspecified atom stereocenters. The summed E-state index contributed by atoms with van der Waals surface area (Å²) in [7, 11) is 0. The molecule has 0 spiro atoms. The minimum Gasteiger partial charge on any atom is -0.481 e. The molecule has 0 aliphatic heterocycles. The lowest BCUT2D eigenvalue weighted by Gasteiger charge is -2.31. The van der Waals surface area contributed by atoms with E-state index in [-0.39, 0.29) is 54.9 Å². The third-order valence-electron chi connectivity index (χ3n) is 8.24. The molecule has 47 heavy (non-hydrogen) atoms. The number of carbonyl (C=O) groups excluding carboxylic acids is 3. The number of unbranched alkanes of at least 4 members (excludes halogenated alkanes) is 14. The topological polar surface area (TPSA) is 162 Å². The lowest BCUT2D eigenvalue weighted by atomic mass is 9.84. The van der Waals surface area contributed by atoms with Crippen molar-refractivity contribution in [2.45, 2.75) is 194 Å². The Bertz CT molecular complexity index is 909. The highest BCUT2D eigenvalue weighted by Crippen LogP contribution is 2.21. The van der Waals surface area contributed by atoms with Gasteiger partial charge in [0.25, 0.3) is 0 Å². The fraction of sp³-hybridized carbons (Fsp3) is 0.865. The van der Waals surface area contributed by atoms with Crippen LogP contribution in [0.2, 0.25) is 0 Å². The number of carbonyl (C=O) groups is 5. The predicted octanol–water partition coefficient (Wildman–Crippen LogP) is 7.32. The van der Waals surface area contributed by atoms with Crippen molar-refractivity contribution in [3.8, 4) is 0 Å². The maximum atomic E-state index is 12.9. The van der Waals surface area contributed by atoms with Gasteiger partial charge in [-0.15, -0.1) is 0 Å². The Morgan fingerprint density at radius 1 is 0.532 bits per heavy atom. The number of carboxylic acid groups (broad SMARTS) is 2. The van der Waals surface area contributed by atoms with Gasteiger partial charge in [-0.25, -0.2) is 4.79 Å². The first kappa shape index (κ1) is 44.5. The number of hydrogen-bond acceptors (Lipinski definition) is 6. The number of ketones is 1. The molecule has 0 saturated heterocycles. The van der Waals surface area contributed by atoms with Crippen LogP contribution in [-0.2, 0) is 24.0 Å². The number of carboxylic acids is 2. The first-order valence-electron chi connectivity index (χ1n) is 18.4. The summed E-state index contributed by atoms with van der Waals surface area (Å²) >= 11 is 0. The molecule has 0 bridgehead atoms. The number of amides is 2. The van der Waals surface area contributed by atoms with Crippen molar-refractivity contribution in [1.82, 2.24) is 16.0 Å². The van der Waals surface area contributed by atoms with E-state index in [4.69, 9.17) is 5.11 Å². The van der Waals surface area contributed by atoms with Crippen LogP contribution in [0.4, 0.5) is 0 Å². The van der Waals surface area contributed by atoms with Crippen LogP contribution in [0.15, 0.2) is 0 Å². The summed E-state index contributed by atoms with van der Waals surface area (Å²) in [5, 5.41) is 27.0. The molecule has 0 aliphatic carbocycles. The molecule has 274 valence electrons. The Morgan fingerprint density at radius 3 is 1.43 bits per heavy atom. The molecule has 10 nitrogen and oxygen atoms in total. The lowest BCUT2D eigenvalue weighted by Crippen LogP contribution is -2.50. The summed E-state index contributed by atoms with van der Waals surface area (Å²) in [5.41, 5.74) is -0.630. The van der Waals surface area contributed by atoms with Crippen LogP contribution in [0, 0.1) is 5.41 Å². The molecular formula is C37H69N3O7. The largest absolute Gasteiger partial charge is 0.481 e. The van der Waals surface area contributed by atoms with Gasteiger partial charge in [0.2, 0.25) is 11.8 Å². The molecule has 2 amide bonds. The summed E-state index contributed by atoms with van der Waals surface area (Å²) in [5.74, 6) is -2.20. The molecule has 0 radical (unpaired) electrons. The second-order valence-electron chi connectivity index (χ2n) is 15.2. The normalized spacial score (nSPS) is 13.1. The molecule has 0 aromatic carbocycles. The molecule has 0 saturated carbocycles. The fourth-order valence-corrected chi connectivity index (χ4v) is 5.59. The standard InChI is InChI=1S/C37H69N3O7/c1-36(2,3)34(45)29(40-37(4,5)6)23-21-22-28-38-31(41)27-26-30(35(46)47)39-32(42)24-19-17-15-13-11-9-7-8-10-12-14-16-18-20-25-33(43)44/h29-30,40H,7-28H2,1-6H3,(H,38,41)(H,39,42)(H,43,44)(H,46,47)/t29-,30-/m0/s1. The minimum atomic E-state index is -1.14. The van der Waals surface area contributed by atoms with Crippen LogP contribution in [0.1, 0.15) is 176 Å². The fourth-order valence-electron chi connectivity index (χ4n) is 5.59. The number of Topliss-reactive ketones (excluding diaryl/α,β-unsaturated/α-hetero) is 1. The van der Waals surface area contributed by atoms with E-state index in [0.29, 0.717) is 19.4 Å². The van der Waals surface area contributed by atoms with Crippen molar-refractivity contribution in [3.05, 3.63) is 0 Å². The van der Waals surface area contributed by atoms with Crippen LogP contribution in [-0.4, -0.2) is 63.9 Å². The minimum absolute atomic E-state index is 0.0164. The van der Waals surface area contributed by atoms with Gasteiger partial charge in [0, 0.05) is 36.8 Å². The maximum Gasteiger partial charge on any atom is 0.326 e. The Balaban J connectivity index is 3.99. The molecule has 5 N–H and O–H groups in total. The molecular weight excluding hydrogens is 598 g/mol. The lowest BCUT2D eigenvalue weighted by molar-refractivity contribution is -0.142. The van der Waals surface area contributed by atoms with Crippen molar-refractivity contribution in [2.75, 3.05) is 6.54 Å². The Kier molecular flexibility index (Phi) is 24.2. The van der Waals surface area contributed by atoms with Gasteiger partial charge in [0.1, 0.15) is 6.04 Å². The number of aliphatic carboxylic acids is 2. The van der Waals surface area contributed by atoms with Gasteiger partial charge in [-0.2, -0.15) is 0 Å². The van der Waals surface area contributed by atoms with Crippen molar-refractivity contribution >= 4 is 29.5 Å². The van der Waals surface area contributed by atoms with Crippen LogP contribution in [0.3, 0.4) is 0 Å². The molecule has 0 heterocycles. The third-order valence-corrected chi connectivity index (χ3v) is 8.24. The van der Waals surface area contributed by atoms with Crippen LogP contribution in [0.25, 0.3) is 0 Å². The first-order chi connectivity index (χ1) is 22.0. The summed E-state index contributed by atoms with van der Waals surface area (Å²) in [6.07, 6.45) is 18.1. The van der Waals surface area contributed by atoms with Crippen molar-refractivity contribution in [2.24, 2.45) is 5.41 Å². The van der Waals surface area contributed by atoms with E-state index in [9.17, 15) is 29.1 Å². The molecule has 0 fully saturated rings. The number of nitrogens with one attached hydrogen (secondary N) is 3. The van der Waals surface area contributed by atoms with Gasteiger partial charge in [-0.05, 0) is 59.3 Å². The predicted molar refractivity (Wildman–Crippen MR) is 188 cm³/mol. The number of hydrogen-bond donors (Lipinski definition) is 5. The van der Waals surface area contributed by atoms with Gasteiger partial charge in [-0.1, -0.05) is 97.8 Å². The Morgan fingerprint density at radius 2 is 1.00 bits per heavy atom. The van der Waals surface area contributed by atoms with Crippen molar-refractivity contribution in [1.29, 1.82) is 0 Å². The van der Waals surface area contributed by atoms with Crippen molar-refractivity contribution in [3.63, 3.8) is 0 Å². The monoisotopic (exact) mass is 668 g/mol. The molecule has 0 aromatic rings. The van der Waals surface area contributed by atoms with E-state index in [2.05, 4.69) is 16.0 Å². The van der Waals surface area contributed by atoms with Gasteiger partial charge in [0.15, 0.2) is 5.78 Å².